The van der Waals surface area contributed by atoms with Crippen molar-refractivity contribution >= 4 is 23.5 Å². The summed E-state index contributed by atoms with van der Waals surface area (Å²) in [4.78, 5) is 26.0. The summed E-state index contributed by atoms with van der Waals surface area (Å²) in [6, 6.07) is 22.9. The van der Waals surface area contributed by atoms with Crippen molar-refractivity contribution in [2.45, 2.75) is 31.8 Å². The Labute approximate surface area is 198 Å². The lowest BCUT2D eigenvalue weighted by atomic mass is 9.91. The van der Waals surface area contributed by atoms with Gasteiger partial charge in [0.05, 0.1) is 0 Å². The number of aliphatic carboxylic acids is 1. The molecule has 1 amide bonds. The second-order valence-electron chi connectivity index (χ2n) is 8.71. The second-order valence-corrected chi connectivity index (χ2v) is 9.15. The minimum absolute atomic E-state index is 0.298. The van der Waals surface area contributed by atoms with Gasteiger partial charge < -0.3 is 14.7 Å². The smallest absolute Gasteiger partial charge is 0.323 e. The fourth-order valence-corrected chi connectivity index (χ4v) is 4.42. The van der Waals surface area contributed by atoms with Crippen LogP contribution in [0, 0.1) is 0 Å². The zero-order chi connectivity index (χ0) is 23.4. The van der Waals surface area contributed by atoms with E-state index in [2.05, 4.69) is 19.1 Å². The summed E-state index contributed by atoms with van der Waals surface area (Å²) < 4.78 is 6.24. The molecule has 0 bridgehead atoms. The largest absolute Gasteiger partial charge is 0.487 e. The number of carboxylic acids is 1. The molecule has 1 aliphatic rings. The van der Waals surface area contributed by atoms with Gasteiger partial charge in [-0.3, -0.25) is 9.59 Å². The number of fused-ring (bicyclic) bond motifs is 1. The van der Waals surface area contributed by atoms with Gasteiger partial charge in [0.1, 0.15) is 17.9 Å². The van der Waals surface area contributed by atoms with Crippen LogP contribution in [0.2, 0.25) is 5.02 Å². The van der Waals surface area contributed by atoms with Crippen molar-refractivity contribution in [2.24, 2.45) is 0 Å². The van der Waals surface area contributed by atoms with E-state index in [1.165, 1.54) is 10.5 Å². The lowest BCUT2D eigenvalue weighted by Crippen LogP contribution is -2.37. The van der Waals surface area contributed by atoms with Crippen molar-refractivity contribution in [3.05, 3.63) is 100 Å². The van der Waals surface area contributed by atoms with E-state index in [1.54, 1.807) is 18.2 Å². The maximum absolute atomic E-state index is 13.2. The maximum atomic E-state index is 13.2. The van der Waals surface area contributed by atoms with Crippen molar-refractivity contribution in [1.82, 2.24) is 4.90 Å². The van der Waals surface area contributed by atoms with Gasteiger partial charge in [0, 0.05) is 30.0 Å². The van der Waals surface area contributed by atoms with E-state index < -0.39 is 5.97 Å². The number of hydrogen-bond acceptors (Lipinski definition) is 3. The predicted octanol–water partition coefficient (Wildman–Crippen LogP) is 5.05. The SMILES string of the molecule is C[C@]1(Cc2ccccc2)Cc2cc(C(=O)N(CCc3ccc(Cl)cc3)CC(=O)O)ccc2O1. The number of carbonyl (C=O) groups excluding carboxylic acids is 1. The summed E-state index contributed by atoms with van der Waals surface area (Å²) in [5.41, 5.74) is 3.23. The fraction of sp³-hybridized carbons (Fsp3) is 0.259. The van der Waals surface area contributed by atoms with Gasteiger partial charge in [-0.1, -0.05) is 54.1 Å². The molecule has 0 aliphatic carbocycles. The highest BCUT2D eigenvalue weighted by molar-refractivity contribution is 6.30. The van der Waals surface area contributed by atoms with E-state index in [0.29, 0.717) is 30.0 Å². The Balaban J connectivity index is 1.48. The molecule has 0 saturated carbocycles. The summed E-state index contributed by atoms with van der Waals surface area (Å²) in [5.74, 6) is -0.568. The van der Waals surface area contributed by atoms with Gasteiger partial charge >= 0.3 is 5.97 Å². The third-order valence-corrected chi connectivity index (χ3v) is 6.10. The molecule has 170 valence electrons. The molecular formula is C27H26ClNO4. The molecule has 3 aromatic carbocycles. The van der Waals surface area contributed by atoms with Crippen LogP contribution in [0.4, 0.5) is 0 Å². The summed E-state index contributed by atoms with van der Waals surface area (Å²) >= 11 is 5.93. The maximum Gasteiger partial charge on any atom is 0.323 e. The second kappa shape index (κ2) is 9.67. The van der Waals surface area contributed by atoms with Crippen LogP contribution in [-0.2, 0) is 24.1 Å². The Morgan fingerprint density at radius 3 is 2.45 bits per heavy atom. The number of carboxylic acid groups (broad SMARTS) is 1. The Hall–Kier alpha value is -3.31. The molecule has 4 rings (SSSR count). The first-order valence-corrected chi connectivity index (χ1v) is 11.3. The summed E-state index contributed by atoms with van der Waals surface area (Å²) in [7, 11) is 0. The van der Waals surface area contributed by atoms with Crippen LogP contribution in [0.25, 0.3) is 0 Å². The van der Waals surface area contributed by atoms with E-state index in [-0.39, 0.29) is 18.1 Å². The van der Waals surface area contributed by atoms with E-state index in [4.69, 9.17) is 16.3 Å². The molecule has 0 fully saturated rings. The Bertz CT molecular complexity index is 1150. The van der Waals surface area contributed by atoms with Gasteiger partial charge in [0.25, 0.3) is 5.91 Å². The van der Waals surface area contributed by atoms with Crippen molar-refractivity contribution in [2.75, 3.05) is 13.1 Å². The number of hydrogen-bond donors (Lipinski definition) is 1. The zero-order valence-electron chi connectivity index (χ0n) is 18.5. The number of benzene rings is 3. The molecule has 6 heteroatoms. The van der Waals surface area contributed by atoms with Crippen molar-refractivity contribution in [1.29, 1.82) is 0 Å². The molecule has 0 spiro atoms. The average molecular weight is 464 g/mol. The van der Waals surface area contributed by atoms with Crippen LogP contribution in [0.1, 0.15) is 34.0 Å². The van der Waals surface area contributed by atoms with Crippen LogP contribution >= 0.6 is 11.6 Å². The first kappa shape index (κ1) is 22.9. The number of rotatable bonds is 8. The normalized spacial score (nSPS) is 16.7. The molecule has 5 nitrogen and oxygen atoms in total. The van der Waals surface area contributed by atoms with Crippen molar-refractivity contribution < 1.29 is 19.4 Å². The molecular weight excluding hydrogens is 438 g/mol. The predicted molar refractivity (Wildman–Crippen MR) is 128 cm³/mol. The van der Waals surface area contributed by atoms with E-state index >= 15 is 0 Å². The van der Waals surface area contributed by atoms with Crippen molar-refractivity contribution in [3.63, 3.8) is 0 Å². The van der Waals surface area contributed by atoms with E-state index in [9.17, 15) is 14.7 Å². The van der Waals surface area contributed by atoms with Gasteiger partial charge in [-0.15, -0.1) is 0 Å². The van der Waals surface area contributed by atoms with Gasteiger partial charge in [-0.05, 0) is 60.4 Å². The Morgan fingerprint density at radius 1 is 1.03 bits per heavy atom. The highest BCUT2D eigenvalue weighted by atomic mass is 35.5. The minimum Gasteiger partial charge on any atom is -0.487 e. The van der Waals surface area contributed by atoms with Gasteiger partial charge in [-0.2, -0.15) is 0 Å². The molecule has 1 N–H and O–H groups in total. The molecule has 3 aromatic rings. The average Bonchev–Trinajstić information content (AvgIpc) is 3.12. The number of amides is 1. The van der Waals surface area contributed by atoms with E-state index in [0.717, 1.165) is 23.3 Å². The highest BCUT2D eigenvalue weighted by Gasteiger charge is 2.35. The van der Waals surface area contributed by atoms with Crippen LogP contribution in [0.15, 0.2) is 72.8 Å². The molecule has 1 aliphatic heterocycles. The van der Waals surface area contributed by atoms with Gasteiger partial charge in [0.15, 0.2) is 0 Å². The molecule has 0 unspecified atom stereocenters. The van der Waals surface area contributed by atoms with E-state index in [1.807, 2.05) is 42.5 Å². The zero-order valence-corrected chi connectivity index (χ0v) is 19.2. The molecule has 1 heterocycles. The molecule has 0 radical (unpaired) electrons. The monoisotopic (exact) mass is 463 g/mol. The Kier molecular flexibility index (Phi) is 6.70. The Morgan fingerprint density at radius 2 is 1.76 bits per heavy atom. The molecule has 0 saturated heterocycles. The number of ether oxygens (including phenoxy) is 1. The molecule has 33 heavy (non-hydrogen) atoms. The summed E-state index contributed by atoms with van der Waals surface area (Å²) in [5, 5.41) is 9.98. The first-order chi connectivity index (χ1) is 15.8. The van der Waals surface area contributed by atoms with Crippen LogP contribution in [0.5, 0.6) is 5.75 Å². The quantitative estimate of drug-likeness (QED) is 0.508. The van der Waals surface area contributed by atoms with Crippen LogP contribution in [-0.4, -0.2) is 40.6 Å². The topological polar surface area (TPSA) is 66.8 Å². The van der Waals surface area contributed by atoms with Crippen LogP contribution in [0.3, 0.4) is 0 Å². The minimum atomic E-state index is -1.04. The molecule has 1 atom stereocenters. The molecule has 0 aromatic heterocycles. The lowest BCUT2D eigenvalue weighted by Gasteiger charge is -2.24. The first-order valence-electron chi connectivity index (χ1n) is 10.9. The summed E-state index contributed by atoms with van der Waals surface area (Å²) in [6.45, 7) is 2.02. The van der Waals surface area contributed by atoms with Crippen LogP contribution < -0.4 is 4.74 Å². The standard InChI is InChI=1S/C27H26ClNO4/c1-27(16-20-5-3-2-4-6-20)17-22-15-21(9-12-24(22)33-27)26(32)29(18-25(30)31)14-13-19-7-10-23(28)11-8-19/h2-12,15H,13-14,16-18H2,1H3,(H,30,31)/t27-/m0/s1. The third kappa shape index (κ3) is 5.74. The third-order valence-electron chi connectivity index (χ3n) is 5.85. The van der Waals surface area contributed by atoms with Crippen molar-refractivity contribution in [3.8, 4) is 5.75 Å². The number of nitrogens with zero attached hydrogens (tertiary/aromatic N) is 1. The number of halogens is 1. The van der Waals surface area contributed by atoms with Gasteiger partial charge in [0.2, 0.25) is 0 Å². The lowest BCUT2D eigenvalue weighted by molar-refractivity contribution is -0.137. The highest BCUT2D eigenvalue weighted by Crippen LogP contribution is 2.37. The fourth-order valence-electron chi connectivity index (χ4n) is 4.29. The summed E-state index contributed by atoms with van der Waals surface area (Å²) in [6.07, 6.45) is 1.99. The van der Waals surface area contributed by atoms with Gasteiger partial charge in [-0.25, -0.2) is 0 Å². The number of carbonyl (C=O) groups is 2.